The molecule has 18 heavy (non-hydrogen) atoms. The Labute approximate surface area is 107 Å². The summed E-state index contributed by atoms with van der Waals surface area (Å²) < 4.78 is 0. The molecule has 2 heterocycles. The maximum atomic E-state index is 8.67. The van der Waals surface area contributed by atoms with Gasteiger partial charge in [-0.3, -0.25) is 0 Å². The molecule has 0 atom stereocenters. The highest BCUT2D eigenvalue weighted by Gasteiger charge is 2.02. The molecule has 4 heteroatoms. The maximum absolute atomic E-state index is 8.67. The zero-order chi connectivity index (χ0) is 12.6. The van der Waals surface area contributed by atoms with Crippen LogP contribution < -0.4 is 5.32 Å². The number of nitrogens with zero attached hydrogens (tertiary/aromatic N) is 1. The van der Waals surface area contributed by atoms with Crippen LogP contribution in [-0.2, 0) is 6.54 Å². The van der Waals surface area contributed by atoms with E-state index in [2.05, 4.69) is 21.4 Å². The first kappa shape index (κ1) is 13.1. The second-order valence-electron chi connectivity index (χ2n) is 4.53. The summed E-state index contributed by atoms with van der Waals surface area (Å²) in [4.78, 5) is 7.45. The molecule has 0 fully saturated rings. The number of unbranched alkanes of at least 4 members (excludes halogenated alkanes) is 3. The molecule has 0 spiro atoms. The van der Waals surface area contributed by atoms with Gasteiger partial charge in [-0.2, -0.15) is 0 Å². The second-order valence-corrected chi connectivity index (χ2v) is 4.53. The molecule has 0 aliphatic heterocycles. The van der Waals surface area contributed by atoms with E-state index in [1.54, 1.807) is 6.20 Å². The van der Waals surface area contributed by atoms with Crippen LogP contribution in [0.3, 0.4) is 0 Å². The number of H-pyrrole nitrogens is 1. The Morgan fingerprint density at radius 1 is 1.22 bits per heavy atom. The minimum Gasteiger partial charge on any atom is -0.396 e. The number of pyridine rings is 1. The minimum atomic E-state index is 0.315. The third-order valence-electron chi connectivity index (χ3n) is 3.11. The quantitative estimate of drug-likeness (QED) is 0.627. The van der Waals surface area contributed by atoms with Crippen LogP contribution in [0.15, 0.2) is 24.5 Å². The van der Waals surface area contributed by atoms with E-state index in [1.165, 1.54) is 23.8 Å². The number of hydrogen-bond acceptors (Lipinski definition) is 3. The van der Waals surface area contributed by atoms with E-state index in [4.69, 9.17) is 5.11 Å². The Hall–Kier alpha value is -1.39. The van der Waals surface area contributed by atoms with E-state index < -0.39 is 0 Å². The van der Waals surface area contributed by atoms with Crippen molar-refractivity contribution in [2.45, 2.75) is 32.2 Å². The number of hydrogen-bond donors (Lipinski definition) is 3. The summed E-state index contributed by atoms with van der Waals surface area (Å²) in [6.45, 7) is 2.22. The lowest BCUT2D eigenvalue weighted by Crippen LogP contribution is -2.14. The van der Waals surface area contributed by atoms with Crippen LogP contribution in [0.4, 0.5) is 0 Å². The van der Waals surface area contributed by atoms with Crippen molar-refractivity contribution >= 4 is 11.0 Å². The zero-order valence-corrected chi connectivity index (χ0v) is 10.7. The third kappa shape index (κ3) is 3.55. The van der Waals surface area contributed by atoms with Crippen LogP contribution in [0.25, 0.3) is 11.0 Å². The molecular formula is C14H21N3O. The Morgan fingerprint density at radius 3 is 3.00 bits per heavy atom. The summed E-state index contributed by atoms with van der Waals surface area (Å²) in [7, 11) is 0. The van der Waals surface area contributed by atoms with Crippen molar-refractivity contribution in [2.24, 2.45) is 0 Å². The molecular weight excluding hydrogens is 226 g/mol. The van der Waals surface area contributed by atoms with Crippen LogP contribution in [0.5, 0.6) is 0 Å². The average Bonchev–Trinajstić information content (AvgIpc) is 2.81. The highest BCUT2D eigenvalue weighted by atomic mass is 16.2. The van der Waals surface area contributed by atoms with Crippen molar-refractivity contribution < 1.29 is 5.11 Å². The van der Waals surface area contributed by atoms with Crippen molar-refractivity contribution in [2.75, 3.05) is 13.2 Å². The predicted octanol–water partition coefficient (Wildman–Crippen LogP) is 2.21. The van der Waals surface area contributed by atoms with Crippen LogP contribution in [0.2, 0.25) is 0 Å². The smallest absolute Gasteiger partial charge is 0.137 e. The summed E-state index contributed by atoms with van der Waals surface area (Å²) in [5, 5.41) is 13.3. The molecule has 0 aliphatic carbocycles. The molecule has 0 bridgehead atoms. The van der Waals surface area contributed by atoms with E-state index in [1.807, 2.05) is 12.3 Å². The van der Waals surface area contributed by atoms with Gasteiger partial charge in [0.05, 0.1) is 0 Å². The summed E-state index contributed by atoms with van der Waals surface area (Å²) in [5.41, 5.74) is 2.23. The molecule has 2 rings (SSSR count). The molecule has 3 N–H and O–H groups in total. The molecule has 98 valence electrons. The van der Waals surface area contributed by atoms with Gasteiger partial charge in [-0.15, -0.1) is 0 Å². The molecule has 0 saturated heterocycles. The van der Waals surface area contributed by atoms with Gasteiger partial charge in [0.2, 0.25) is 0 Å². The molecule has 0 saturated carbocycles. The van der Waals surface area contributed by atoms with Gasteiger partial charge in [-0.1, -0.05) is 12.8 Å². The van der Waals surface area contributed by atoms with E-state index >= 15 is 0 Å². The van der Waals surface area contributed by atoms with E-state index in [0.717, 1.165) is 31.6 Å². The number of aliphatic hydroxyl groups excluding tert-OH is 1. The molecule has 2 aromatic heterocycles. The SMILES string of the molecule is OCCCCCCNCc1c[nH]c2ncccc12. The van der Waals surface area contributed by atoms with Gasteiger partial charge in [-0.25, -0.2) is 4.98 Å². The summed E-state index contributed by atoms with van der Waals surface area (Å²) in [6, 6.07) is 4.06. The fraction of sp³-hybridized carbons (Fsp3) is 0.500. The summed E-state index contributed by atoms with van der Waals surface area (Å²) >= 11 is 0. The third-order valence-corrected chi connectivity index (χ3v) is 3.11. The number of fused-ring (bicyclic) bond motifs is 1. The van der Waals surface area contributed by atoms with Crippen LogP contribution in [-0.4, -0.2) is 28.2 Å². The number of nitrogens with one attached hydrogen (secondary N) is 2. The van der Waals surface area contributed by atoms with Gasteiger partial charge in [0, 0.05) is 30.9 Å². The van der Waals surface area contributed by atoms with E-state index in [0.29, 0.717) is 6.61 Å². The zero-order valence-electron chi connectivity index (χ0n) is 10.7. The van der Waals surface area contributed by atoms with Gasteiger partial charge >= 0.3 is 0 Å². The normalized spacial score (nSPS) is 11.2. The maximum Gasteiger partial charge on any atom is 0.137 e. The van der Waals surface area contributed by atoms with Crippen molar-refractivity contribution in [3.8, 4) is 0 Å². The minimum absolute atomic E-state index is 0.315. The lowest BCUT2D eigenvalue weighted by Gasteiger charge is -2.03. The average molecular weight is 247 g/mol. The first-order valence-corrected chi connectivity index (χ1v) is 6.64. The van der Waals surface area contributed by atoms with Crippen LogP contribution >= 0.6 is 0 Å². The van der Waals surface area contributed by atoms with Gasteiger partial charge in [0.15, 0.2) is 0 Å². The standard InChI is InChI=1S/C14H21N3O/c18-9-4-2-1-3-7-15-10-12-11-17-14-13(12)6-5-8-16-14/h5-6,8,11,15,18H,1-4,7,9-10H2,(H,16,17). The van der Waals surface area contributed by atoms with Gasteiger partial charge in [0.1, 0.15) is 5.65 Å². The lowest BCUT2D eigenvalue weighted by molar-refractivity contribution is 0.282. The second kappa shape index (κ2) is 7.13. The topological polar surface area (TPSA) is 60.9 Å². The highest BCUT2D eigenvalue weighted by Crippen LogP contribution is 2.14. The Kier molecular flexibility index (Phi) is 5.17. The Bertz CT molecular complexity index is 467. The molecule has 0 amide bonds. The van der Waals surface area contributed by atoms with Gasteiger partial charge in [-0.05, 0) is 37.1 Å². The van der Waals surface area contributed by atoms with Crippen molar-refractivity contribution in [3.63, 3.8) is 0 Å². The number of aromatic nitrogens is 2. The van der Waals surface area contributed by atoms with Gasteiger partial charge in [0.25, 0.3) is 0 Å². The monoisotopic (exact) mass is 247 g/mol. The van der Waals surface area contributed by atoms with Crippen LogP contribution in [0, 0.1) is 0 Å². The Balaban J connectivity index is 1.70. The summed E-state index contributed by atoms with van der Waals surface area (Å²) in [5.74, 6) is 0. The van der Waals surface area contributed by atoms with Crippen molar-refractivity contribution in [1.82, 2.24) is 15.3 Å². The van der Waals surface area contributed by atoms with Crippen molar-refractivity contribution in [3.05, 3.63) is 30.1 Å². The first-order chi connectivity index (χ1) is 8.92. The van der Waals surface area contributed by atoms with E-state index in [9.17, 15) is 0 Å². The molecule has 0 aromatic carbocycles. The molecule has 0 aliphatic rings. The fourth-order valence-electron chi connectivity index (χ4n) is 2.10. The van der Waals surface area contributed by atoms with E-state index in [-0.39, 0.29) is 0 Å². The Morgan fingerprint density at radius 2 is 2.11 bits per heavy atom. The molecule has 0 radical (unpaired) electrons. The largest absolute Gasteiger partial charge is 0.396 e. The van der Waals surface area contributed by atoms with Crippen LogP contribution in [0.1, 0.15) is 31.2 Å². The molecule has 4 nitrogen and oxygen atoms in total. The number of aliphatic hydroxyl groups is 1. The van der Waals surface area contributed by atoms with Crippen molar-refractivity contribution in [1.29, 1.82) is 0 Å². The number of aromatic amines is 1. The number of rotatable bonds is 8. The molecule has 0 unspecified atom stereocenters. The predicted molar refractivity (Wildman–Crippen MR) is 73.4 cm³/mol. The fourth-order valence-corrected chi connectivity index (χ4v) is 2.10. The molecule has 2 aromatic rings. The highest BCUT2D eigenvalue weighted by molar-refractivity contribution is 5.79. The lowest BCUT2D eigenvalue weighted by atomic mass is 10.2. The van der Waals surface area contributed by atoms with Gasteiger partial charge < -0.3 is 15.4 Å². The first-order valence-electron chi connectivity index (χ1n) is 6.64. The summed E-state index contributed by atoms with van der Waals surface area (Å²) in [6.07, 6.45) is 8.22.